The van der Waals surface area contributed by atoms with Crippen molar-refractivity contribution in [2.45, 2.75) is 145 Å². The van der Waals surface area contributed by atoms with Gasteiger partial charge >= 0.3 is 0 Å². The molecule has 2 aromatic carbocycles. The van der Waals surface area contributed by atoms with Crippen LogP contribution in [0.25, 0.3) is 33.4 Å². The second-order valence-corrected chi connectivity index (χ2v) is 18.0. The number of hydrogen-bond acceptors (Lipinski definition) is 7. The van der Waals surface area contributed by atoms with Crippen molar-refractivity contribution in [1.29, 1.82) is 0 Å². The zero-order valence-electron chi connectivity index (χ0n) is 43.1. The zero-order valence-corrected chi connectivity index (χ0v) is 43.1. The lowest BCUT2D eigenvalue weighted by molar-refractivity contribution is -0.125. The molecule has 13 nitrogen and oxygen atoms in total. The molecule has 0 saturated carbocycles. The van der Waals surface area contributed by atoms with Crippen molar-refractivity contribution >= 4 is 51.9 Å². The Labute approximate surface area is 411 Å². The van der Waals surface area contributed by atoms with Gasteiger partial charge in [-0.05, 0) is 116 Å². The number of carbonyl (C=O) groups is 5. The summed E-state index contributed by atoms with van der Waals surface area (Å²) in [5.41, 5.74) is 5.66. The van der Waals surface area contributed by atoms with Crippen molar-refractivity contribution in [3.05, 3.63) is 77.7 Å². The van der Waals surface area contributed by atoms with E-state index in [1.807, 2.05) is 26.0 Å². The summed E-state index contributed by atoms with van der Waals surface area (Å²) >= 11 is 0. The molecular formula is C56H82N7O6+. The maximum absolute atomic E-state index is 14.5. The fourth-order valence-corrected chi connectivity index (χ4v) is 8.96. The van der Waals surface area contributed by atoms with Crippen LogP contribution in [0.3, 0.4) is 0 Å². The molecule has 0 bridgehead atoms. The average Bonchev–Trinajstić information content (AvgIpc) is 3.33. The summed E-state index contributed by atoms with van der Waals surface area (Å²) in [7, 11) is 0. The highest BCUT2D eigenvalue weighted by molar-refractivity contribution is 6.10. The van der Waals surface area contributed by atoms with E-state index in [0.29, 0.717) is 80.0 Å². The number of nitrogens with one attached hydrogen (secondary N) is 4. The van der Waals surface area contributed by atoms with E-state index in [2.05, 4.69) is 101 Å². The molecule has 4 N–H and O–H groups in total. The van der Waals surface area contributed by atoms with Crippen molar-refractivity contribution in [2.24, 2.45) is 0 Å². The Morgan fingerprint density at radius 2 is 1.30 bits per heavy atom. The van der Waals surface area contributed by atoms with Gasteiger partial charge in [0.05, 0.1) is 6.07 Å². The van der Waals surface area contributed by atoms with Crippen molar-refractivity contribution in [2.75, 3.05) is 62.6 Å². The quantitative estimate of drug-likeness (QED) is 0.0176. The first-order chi connectivity index (χ1) is 33.3. The highest BCUT2D eigenvalue weighted by Crippen LogP contribution is 2.43. The SMILES string of the molecule is C=C(C)C(=O)NCCCCCCCCCCCC(=O)NCCCCC(NC(C)=O)C(=O)Nc1ccc(-c2c3ccc(=[N+](CC)CC)cc-3oc3cc(N(CC)CC)ccc23)c(C(=O)N(CC)CC)c1. The van der Waals surface area contributed by atoms with Gasteiger partial charge in [0.1, 0.15) is 30.5 Å². The molecule has 1 atom stereocenters. The molecule has 5 amide bonds. The molecule has 13 heteroatoms. The molecule has 1 aliphatic heterocycles. The predicted octanol–water partition coefficient (Wildman–Crippen LogP) is 9.67. The maximum Gasteiger partial charge on any atom is 0.254 e. The Hall–Kier alpha value is -5.98. The van der Waals surface area contributed by atoms with E-state index in [1.165, 1.54) is 19.8 Å². The van der Waals surface area contributed by atoms with Gasteiger partial charge in [0.15, 0.2) is 0 Å². The van der Waals surface area contributed by atoms with Crippen LogP contribution in [0, 0.1) is 0 Å². The van der Waals surface area contributed by atoms with Gasteiger partial charge in [0.25, 0.3) is 5.91 Å². The van der Waals surface area contributed by atoms with Crippen molar-refractivity contribution in [3.8, 4) is 22.5 Å². The number of amides is 5. The Bertz CT molecular complexity index is 2370. The van der Waals surface area contributed by atoms with E-state index in [1.54, 1.807) is 17.9 Å². The summed E-state index contributed by atoms with van der Waals surface area (Å²) in [5.74, 6) is -0.190. The molecule has 69 heavy (non-hydrogen) atoms. The third-order valence-corrected chi connectivity index (χ3v) is 13.0. The third kappa shape index (κ3) is 16.6. The molecule has 0 aromatic heterocycles. The molecule has 376 valence electrons. The summed E-state index contributed by atoms with van der Waals surface area (Å²) in [6.45, 7) is 24.8. The van der Waals surface area contributed by atoms with Gasteiger partial charge in [-0.1, -0.05) is 57.6 Å². The number of unbranched alkanes of at least 4 members (excludes halogenated alkanes) is 9. The zero-order chi connectivity index (χ0) is 50.3. The topological polar surface area (TPSA) is 156 Å². The van der Waals surface area contributed by atoms with Gasteiger partial charge in [0, 0.05) is 104 Å². The standard InChI is InChI=1S/C56H81N7O6/c1-10-61(11-2)43-30-33-46-50(38-43)69-51-39-44(62(12-3)13-4)31-34-47(51)53(46)45-32-29-42(37-48(45)56(68)63(14-5)15-6)60-55(67)49(59-41(9)64)27-24-26-35-57-52(65)28-23-21-19-17-16-18-20-22-25-36-58-54(66)40(7)8/h29-34,37-39,49H,7,10-28,35-36H2,1-6,8-9H3,(H3,57,58,59,64,65,66)/p+1. The number of anilines is 2. The van der Waals surface area contributed by atoms with Gasteiger partial charge in [-0.25, -0.2) is 4.58 Å². The maximum atomic E-state index is 14.5. The van der Waals surface area contributed by atoms with Crippen LogP contribution < -0.4 is 36.1 Å². The van der Waals surface area contributed by atoms with Crippen LogP contribution in [0.15, 0.2) is 71.2 Å². The highest BCUT2D eigenvalue weighted by atomic mass is 16.3. The van der Waals surface area contributed by atoms with E-state index in [0.717, 1.165) is 104 Å². The van der Waals surface area contributed by atoms with Gasteiger partial charge in [-0.2, -0.15) is 0 Å². The van der Waals surface area contributed by atoms with E-state index in [-0.39, 0.29) is 29.5 Å². The summed E-state index contributed by atoms with van der Waals surface area (Å²) in [6, 6.07) is 17.2. The molecule has 0 fully saturated rings. The number of nitrogens with zero attached hydrogens (tertiary/aromatic N) is 3. The van der Waals surface area contributed by atoms with Crippen LogP contribution in [0.2, 0.25) is 0 Å². The van der Waals surface area contributed by atoms with Gasteiger partial charge in [-0.15, -0.1) is 0 Å². The van der Waals surface area contributed by atoms with Crippen LogP contribution in [-0.2, 0) is 19.2 Å². The number of fused-ring (bicyclic) bond motifs is 2. The van der Waals surface area contributed by atoms with Crippen LogP contribution in [-0.4, -0.2) is 92.8 Å². The number of rotatable bonds is 30. The van der Waals surface area contributed by atoms with Crippen LogP contribution in [0.1, 0.15) is 149 Å². The summed E-state index contributed by atoms with van der Waals surface area (Å²) in [4.78, 5) is 69.0. The predicted molar refractivity (Wildman–Crippen MR) is 283 cm³/mol. The van der Waals surface area contributed by atoms with E-state index >= 15 is 0 Å². The first-order valence-electron chi connectivity index (χ1n) is 25.9. The summed E-state index contributed by atoms with van der Waals surface area (Å²) in [6.07, 6.45) is 11.9. The van der Waals surface area contributed by atoms with Crippen LogP contribution in [0.5, 0.6) is 0 Å². The third-order valence-electron chi connectivity index (χ3n) is 13.0. The monoisotopic (exact) mass is 949 g/mol. The van der Waals surface area contributed by atoms with E-state index in [9.17, 15) is 24.0 Å². The number of carbonyl (C=O) groups excluding carboxylic acids is 5. The van der Waals surface area contributed by atoms with Crippen molar-refractivity contribution in [1.82, 2.24) is 25.4 Å². The number of hydrogen-bond donors (Lipinski definition) is 4. The molecular weight excluding hydrogens is 867 g/mol. The molecule has 0 radical (unpaired) electrons. The highest BCUT2D eigenvalue weighted by Gasteiger charge is 2.26. The minimum absolute atomic E-state index is 0.0306. The number of benzene rings is 3. The van der Waals surface area contributed by atoms with Crippen molar-refractivity contribution < 1.29 is 28.4 Å². The van der Waals surface area contributed by atoms with Gasteiger partial charge < -0.3 is 35.5 Å². The Morgan fingerprint density at radius 1 is 0.681 bits per heavy atom. The smallest absolute Gasteiger partial charge is 0.254 e. The molecule has 1 aliphatic carbocycles. The largest absolute Gasteiger partial charge is 0.456 e. The van der Waals surface area contributed by atoms with Crippen molar-refractivity contribution in [3.63, 3.8) is 0 Å². The molecule has 2 aliphatic rings. The van der Waals surface area contributed by atoms with Gasteiger partial charge in [-0.3, -0.25) is 24.0 Å². The lowest BCUT2D eigenvalue weighted by Crippen LogP contribution is -2.43. The minimum atomic E-state index is -0.808. The van der Waals surface area contributed by atoms with E-state index < -0.39 is 6.04 Å². The normalized spacial score (nSPS) is 11.5. The Balaban J connectivity index is 1.43. The second-order valence-electron chi connectivity index (χ2n) is 18.0. The van der Waals surface area contributed by atoms with E-state index in [4.69, 9.17) is 4.42 Å². The molecule has 1 heterocycles. The van der Waals surface area contributed by atoms with Crippen LogP contribution in [0.4, 0.5) is 11.4 Å². The lowest BCUT2D eigenvalue weighted by atomic mass is 9.89. The average molecular weight is 949 g/mol. The fraction of sp³-hybridized carbons (Fsp3) is 0.536. The molecule has 1 unspecified atom stereocenters. The Morgan fingerprint density at radius 3 is 1.93 bits per heavy atom. The molecule has 2 aromatic rings. The first-order valence-corrected chi connectivity index (χ1v) is 25.9. The molecule has 0 spiro atoms. The summed E-state index contributed by atoms with van der Waals surface area (Å²) in [5, 5.41) is 13.6. The second kappa shape index (κ2) is 29.1. The van der Waals surface area contributed by atoms with Gasteiger partial charge in [0.2, 0.25) is 29.0 Å². The Kier molecular flexibility index (Phi) is 23.5. The fourth-order valence-electron chi connectivity index (χ4n) is 8.96. The minimum Gasteiger partial charge on any atom is -0.456 e. The lowest BCUT2D eigenvalue weighted by Gasteiger charge is -2.24. The first kappa shape index (κ1) is 55.6. The summed E-state index contributed by atoms with van der Waals surface area (Å²) < 4.78 is 9.01. The molecule has 0 saturated heterocycles. The molecule has 4 rings (SSSR count). The van der Waals surface area contributed by atoms with Crippen LogP contribution >= 0.6 is 0 Å².